The van der Waals surface area contributed by atoms with E-state index < -0.39 is 0 Å². The van der Waals surface area contributed by atoms with E-state index in [0.29, 0.717) is 19.2 Å². The molecule has 0 aliphatic carbocycles. The van der Waals surface area contributed by atoms with Crippen LogP contribution in [0.3, 0.4) is 0 Å². The van der Waals surface area contributed by atoms with Gasteiger partial charge < -0.3 is 9.64 Å². The molecular formula is C24H25N7O2. The van der Waals surface area contributed by atoms with E-state index >= 15 is 0 Å². The maximum absolute atomic E-state index is 12.7. The number of aromatic nitrogens is 6. The molecule has 0 atom stereocenters. The van der Waals surface area contributed by atoms with E-state index in [-0.39, 0.29) is 18.0 Å². The highest BCUT2D eigenvalue weighted by Gasteiger charge is 2.36. The van der Waals surface area contributed by atoms with Crippen molar-refractivity contribution in [3.63, 3.8) is 0 Å². The second-order valence-corrected chi connectivity index (χ2v) is 8.82. The lowest BCUT2D eigenvalue weighted by Crippen LogP contribution is -2.45. The average Bonchev–Trinajstić information content (AvgIpc) is 3.54. The Bertz CT molecular complexity index is 1290. The molecule has 0 bridgehead atoms. The molecule has 1 fully saturated rings. The Balaban J connectivity index is 1.31. The van der Waals surface area contributed by atoms with Crippen LogP contribution in [0.1, 0.15) is 13.8 Å². The molecule has 1 aromatic carbocycles. The van der Waals surface area contributed by atoms with Gasteiger partial charge in [-0.15, -0.1) is 0 Å². The summed E-state index contributed by atoms with van der Waals surface area (Å²) in [4.78, 5) is 23.5. The van der Waals surface area contributed by atoms with Crippen LogP contribution in [-0.4, -0.2) is 59.2 Å². The normalized spacial score (nSPS) is 15.2. The van der Waals surface area contributed by atoms with Crippen molar-refractivity contribution in [3.05, 3.63) is 61.4 Å². The highest BCUT2D eigenvalue weighted by molar-refractivity contribution is 5.77. The lowest BCUT2D eigenvalue weighted by molar-refractivity contribution is -0.136. The summed E-state index contributed by atoms with van der Waals surface area (Å²) in [5.74, 6) is 0.621. The van der Waals surface area contributed by atoms with Gasteiger partial charge in [-0.05, 0) is 25.5 Å². The molecule has 0 saturated carbocycles. The summed E-state index contributed by atoms with van der Waals surface area (Å²) >= 11 is 0. The van der Waals surface area contributed by atoms with Gasteiger partial charge in [0, 0.05) is 54.1 Å². The number of benzene rings is 1. The molecule has 0 spiro atoms. The molecule has 5 rings (SSSR count). The maximum Gasteiger partial charge on any atom is 0.246 e. The molecule has 3 aromatic heterocycles. The number of ether oxygens (including phenoxy) is 1. The van der Waals surface area contributed by atoms with Gasteiger partial charge in [0.25, 0.3) is 0 Å². The lowest BCUT2D eigenvalue weighted by Gasteiger charge is -2.28. The minimum Gasteiger partial charge on any atom is -0.359 e. The summed E-state index contributed by atoms with van der Waals surface area (Å²) in [7, 11) is 1.90. The second kappa shape index (κ2) is 8.25. The number of aryl methyl sites for hydroxylation is 1. The standard InChI is InChI=1S/C24H25N7O2/c1-24(2)15-33-16-31(24)22(32)14-30-13-21(11-28-30)19-8-25-23(26-9-19)18-6-4-5-17(7-18)20-10-27-29(3)12-20/h4-13H,14-16H2,1-3H3. The van der Waals surface area contributed by atoms with Crippen molar-refractivity contribution in [2.24, 2.45) is 7.05 Å². The first-order valence-electron chi connectivity index (χ1n) is 10.7. The molecule has 9 nitrogen and oxygen atoms in total. The predicted octanol–water partition coefficient (Wildman–Crippen LogP) is 3.00. The fourth-order valence-corrected chi connectivity index (χ4v) is 3.91. The van der Waals surface area contributed by atoms with Crippen LogP contribution in [0.5, 0.6) is 0 Å². The smallest absolute Gasteiger partial charge is 0.246 e. The van der Waals surface area contributed by atoms with Gasteiger partial charge in [0.1, 0.15) is 13.3 Å². The Hall–Kier alpha value is -3.85. The lowest BCUT2D eigenvalue weighted by atomic mass is 10.1. The molecule has 0 radical (unpaired) electrons. The Morgan fingerprint density at radius 2 is 1.70 bits per heavy atom. The minimum atomic E-state index is -0.301. The van der Waals surface area contributed by atoms with Gasteiger partial charge in [-0.25, -0.2) is 9.97 Å². The highest BCUT2D eigenvalue weighted by Crippen LogP contribution is 2.26. The summed E-state index contributed by atoms with van der Waals surface area (Å²) < 4.78 is 8.86. The third-order valence-electron chi connectivity index (χ3n) is 5.78. The Kier molecular flexibility index (Phi) is 5.26. The van der Waals surface area contributed by atoms with Crippen LogP contribution in [0.25, 0.3) is 33.6 Å². The minimum absolute atomic E-state index is 0.0211. The molecule has 0 N–H and O–H groups in total. The molecule has 1 aliphatic rings. The molecule has 168 valence electrons. The zero-order chi connectivity index (χ0) is 23.0. The van der Waals surface area contributed by atoms with E-state index in [1.807, 2.05) is 57.7 Å². The van der Waals surface area contributed by atoms with E-state index in [1.54, 1.807) is 32.9 Å². The zero-order valence-corrected chi connectivity index (χ0v) is 18.8. The van der Waals surface area contributed by atoms with Crippen LogP contribution in [0.15, 0.2) is 61.4 Å². The van der Waals surface area contributed by atoms with Crippen molar-refractivity contribution in [3.8, 4) is 33.6 Å². The number of rotatable bonds is 5. The summed E-state index contributed by atoms with van der Waals surface area (Å²) in [5, 5.41) is 8.58. The molecule has 4 aromatic rings. The fourth-order valence-electron chi connectivity index (χ4n) is 3.91. The van der Waals surface area contributed by atoms with Gasteiger partial charge in [0.15, 0.2) is 5.82 Å². The Labute approximate surface area is 191 Å². The first kappa shape index (κ1) is 21.0. The zero-order valence-electron chi connectivity index (χ0n) is 18.8. The number of carbonyl (C=O) groups is 1. The van der Waals surface area contributed by atoms with Crippen molar-refractivity contribution in [2.45, 2.75) is 25.9 Å². The molecule has 9 heteroatoms. The van der Waals surface area contributed by atoms with E-state index in [0.717, 1.165) is 27.8 Å². The van der Waals surface area contributed by atoms with Gasteiger partial charge in [0.2, 0.25) is 5.91 Å². The van der Waals surface area contributed by atoms with Crippen molar-refractivity contribution in [2.75, 3.05) is 13.3 Å². The molecule has 1 amide bonds. The van der Waals surface area contributed by atoms with Gasteiger partial charge in [-0.2, -0.15) is 10.2 Å². The quantitative estimate of drug-likeness (QED) is 0.471. The first-order valence-corrected chi connectivity index (χ1v) is 10.7. The average molecular weight is 444 g/mol. The van der Waals surface area contributed by atoms with Crippen LogP contribution in [0.2, 0.25) is 0 Å². The van der Waals surface area contributed by atoms with E-state index in [2.05, 4.69) is 26.2 Å². The molecule has 4 heterocycles. The van der Waals surface area contributed by atoms with Crippen LogP contribution in [0.4, 0.5) is 0 Å². The van der Waals surface area contributed by atoms with Gasteiger partial charge in [-0.3, -0.25) is 14.2 Å². The summed E-state index contributed by atoms with van der Waals surface area (Å²) in [6.07, 6.45) is 10.9. The largest absolute Gasteiger partial charge is 0.359 e. The van der Waals surface area contributed by atoms with Crippen molar-refractivity contribution < 1.29 is 9.53 Å². The summed E-state index contributed by atoms with van der Waals surface area (Å²) in [5.41, 5.74) is 4.43. The Morgan fingerprint density at radius 1 is 0.970 bits per heavy atom. The third kappa shape index (κ3) is 4.27. The van der Waals surface area contributed by atoms with E-state index in [4.69, 9.17) is 4.74 Å². The number of carbonyl (C=O) groups excluding carboxylic acids is 1. The van der Waals surface area contributed by atoms with Crippen molar-refractivity contribution in [1.29, 1.82) is 0 Å². The van der Waals surface area contributed by atoms with Crippen molar-refractivity contribution in [1.82, 2.24) is 34.4 Å². The maximum atomic E-state index is 12.7. The first-order chi connectivity index (χ1) is 15.9. The van der Waals surface area contributed by atoms with Crippen molar-refractivity contribution >= 4 is 5.91 Å². The number of hydrogen-bond donors (Lipinski definition) is 0. The van der Waals surface area contributed by atoms with E-state index in [9.17, 15) is 4.79 Å². The van der Waals surface area contributed by atoms with Crippen LogP contribution >= 0.6 is 0 Å². The highest BCUT2D eigenvalue weighted by atomic mass is 16.5. The van der Waals surface area contributed by atoms with Gasteiger partial charge in [-0.1, -0.05) is 18.2 Å². The monoisotopic (exact) mass is 443 g/mol. The second-order valence-electron chi connectivity index (χ2n) is 8.82. The fraction of sp³-hybridized carbons (Fsp3) is 0.292. The number of amides is 1. The summed E-state index contributed by atoms with van der Waals surface area (Å²) in [6.45, 7) is 5.01. The number of hydrogen-bond acceptors (Lipinski definition) is 6. The topological polar surface area (TPSA) is 91.0 Å². The third-order valence-corrected chi connectivity index (χ3v) is 5.78. The predicted molar refractivity (Wildman–Crippen MR) is 123 cm³/mol. The molecule has 1 saturated heterocycles. The molecule has 33 heavy (non-hydrogen) atoms. The SMILES string of the molecule is Cn1cc(-c2cccc(-c3ncc(-c4cnn(CC(=O)N5COCC5(C)C)c4)cn3)c2)cn1. The van der Waals surface area contributed by atoms with Crippen LogP contribution < -0.4 is 0 Å². The molecular weight excluding hydrogens is 418 g/mol. The number of nitrogens with zero attached hydrogens (tertiary/aromatic N) is 7. The molecule has 0 unspecified atom stereocenters. The molecule has 1 aliphatic heterocycles. The summed E-state index contributed by atoms with van der Waals surface area (Å²) in [6, 6.07) is 8.07. The van der Waals surface area contributed by atoms with Gasteiger partial charge in [0.05, 0.1) is 24.5 Å². The van der Waals surface area contributed by atoms with Gasteiger partial charge >= 0.3 is 0 Å². The van der Waals surface area contributed by atoms with Crippen LogP contribution in [0, 0.1) is 0 Å². The van der Waals surface area contributed by atoms with Crippen LogP contribution in [-0.2, 0) is 23.1 Å². The Morgan fingerprint density at radius 3 is 2.39 bits per heavy atom. The van der Waals surface area contributed by atoms with E-state index in [1.165, 1.54) is 0 Å².